The third-order valence-electron chi connectivity index (χ3n) is 2.93. The molecule has 1 fully saturated rings. The van der Waals surface area contributed by atoms with Crippen LogP contribution in [-0.4, -0.2) is 23.7 Å². The van der Waals surface area contributed by atoms with Gasteiger partial charge in [-0.3, -0.25) is 0 Å². The van der Waals surface area contributed by atoms with E-state index in [9.17, 15) is 0 Å². The molecule has 3 nitrogen and oxygen atoms in total. The summed E-state index contributed by atoms with van der Waals surface area (Å²) in [6.45, 7) is 5.69. The second-order valence-electron chi connectivity index (χ2n) is 4.44. The van der Waals surface area contributed by atoms with Crippen molar-refractivity contribution in [3.8, 4) is 0 Å². The van der Waals surface area contributed by atoms with E-state index < -0.39 is 0 Å². The lowest BCUT2D eigenvalue weighted by atomic mass is 9.90. The molecule has 1 aliphatic rings. The summed E-state index contributed by atoms with van der Waals surface area (Å²) in [5.41, 5.74) is 7.24. The van der Waals surface area contributed by atoms with E-state index in [0.717, 1.165) is 36.6 Å². The Kier molecular flexibility index (Phi) is 3.09. The van der Waals surface area contributed by atoms with Gasteiger partial charge in [-0.15, -0.1) is 11.3 Å². The van der Waals surface area contributed by atoms with Crippen LogP contribution in [0.25, 0.3) is 0 Å². The Bertz CT molecular complexity index is 323. The molecule has 0 spiro atoms. The van der Waals surface area contributed by atoms with Crippen LogP contribution in [0.3, 0.4) is 0 Å². The molecule has 1 aromatic heterocycles. The molecule has 0 amide bonds. The Morgan fingerprint density at radius 2 is 2.33 bits per heavy atom. The third-order valence-corrected chi connectivity index (χ3v) is 4.00. The maximum Gasteiger partial charge on any atom is 0.0950 e. The Morgan fingerprint density at radius 3 is 2.87 bits per heavy atom. The second kappa shape index (κ2) is 4.20. The summed E-state index contributed by atoms with van der Waals surface area (Å²) in [6.07, 6.45) is 2.97. The van der Waals surface area contributed by atoms with Crippen molar-refractivity contribution in [2.24, 2.45) is 5.73 Å². The minimum Gasteiger partial charge on any atom is -0.380 e. The molecule has 0 aromatic carbocycles. The van der Waals surface area contributed by atoms with Crippen LogP contribution in [0.15, 0.2) is 0 Å². The van der Waals surface area contributed by atoms with E-state index in [1.807, 2.05) is 0 Å². The molecule has 0 aliphatic carbocycles. The summed E-state index contributed by atoms with van der Waals surface area (Å²) in [6, 6.07) is 0. The first kappa shape index (κ1) is 11.0. The number of rotatable bonds is 2. The van der Waals surface area contributed by atoms with Crippen molar-refractivity contribution in [1.82, 2.24) is 4.98 Å². The summed E-state index contributed by atoms with van der Waals surface area (Å²) in [7, 11) is 0. The average molecular weight is 226 g/mol. The lowest BCUT2D eigenvalue weighted by Gasteiger charge is -2.32. The lowest BCUT2D eigenvalue weighted by Crippen LogP contribution is -2.49. The van der Waals surface area contributed by atoms with Gasteiger partial charge in [0.2, 0.25) is 0 Å². The molecule has 1 aromatic rings. The number of hydrogen-bond acceptors (Lipinski definition) is 4. The van der Waals surface area contributed by atoms with Crippen molar-refractivity contribution in [3.63, 3.8) is 0 Å². The van der Waals surface area contributed by atoms with Gasteiger partial charge in [-0.2, -0.15) is 0 Å². The van der Waals surface area contributed by atoms with Gasteiger partial charge in [0.15, 0.2) is 0 Å². The van der Waals surface area contributed by atoms with Gasteiger partial charge in [0.1, 0.15) is 0 Å². The fourth-order valence-electron chi connectivity index (χ4n) is 1.93. The predicted molar refractivity (Wildman–Crippen MR) is 62.3 cm³/mol. The fourth-order valence-corrected chi connectivity index (χ4v) is 3.02. The van der Waals surface area contributed by atoms with Crippen LogP contribution >= 0.6 is 11.3 Å². The smallest absolute Gasteiger partial charge is 0.0950 e. The molecule has 84 valence electrons. The largest absolute Gasteiger partial charge is 0.380 e. The summed E-state index contributed by atoms with van der Waals surface area (Å²) in [4.78, 5) is 5.83. The number of aromatic nitrogens is 1. The summed E-state index contributed by atoms with van der Waals surface area (Å²) < 4.78 is 5.45. The highest BCUT2D eigenvalue weighted by Gasteiger charge is 2.29. The zero-order valence-corrected chi connectivity index (χ0v) is 10.2. The zero-order chi connectivity index (χ0) is 10.9. The molecule has 15 heavy (non-hydrogen) atoms. The Labute approximate surface area is 94.7 Å². The standard InChI is InChI=1S/C11H18N2OS/c1-8-9(2)15-10(13-8)6-11(12)4-3-5-14-7-11/h3-7,12H2,1-2H3. The van der Waals surface area contributed by atoms with Crippen LogP contribution in [0.5, 0.6) is 0 Å². The highest BCUT2D eigenvalue weighted by Crippen LogP contribution is 2.25. The van der Waals surface area contributed by atoms with Gasteiger partial charge in [0.05, 0.1) is 17.3 Å². The highest BCUT2D eigenvalue weighted by molar-refractivity contribution is 7.11. The first-order valence-corrected chi connectivity index (χ1v) is 6.20. The first-order valence-electron chi connectivity index (χ1n) is 5.39. The molecule has 2 rings (SSSR count). The summed E-state index contributed by atoms with van der Waals surface area (Å²) in [5, 5.41) is 1.15. The van der Waals surface area contributed by atoms with Crippen LogP contribution < -0.4 is 5.73 Å². The van der Waals surface area contributed by atoms with Crippen LogP contribution in [0.2, 0.25) is 0 Å². The molecule has 2 heterocycles. The maximum atomic E-state index is 6.29. The summed E-state index contributed by atoms with van der Waals surface area (Å²) in [5.74, 6) is 0. The number of ether oxygens (including phenoxy) is 1. The predicted octanol–water partition coefficient (Wildman–Crippen LogP) is 1.81. The quantitative estimate of drug-likeness (QED) is 0.836. The molecule has 1 aliphatic heterocycles. The minimum absolute atomic E-state index is 0.186. The topological polar surface area (TPSA) is 48.1 Å². The molecule has 0 radical (unpaired) electrons. The number of aryl methyl sites for hydroxylation is 2. The van der Waals surface area contributed by atoms with Gasteiger partial charge in [-0.05, 0) is 26.7 Å². The molecule has 1 unspecified atom stereocenters. The first-order chi connectivity index (χ1) is 7.09. The minimum atomic E-state index is -0.186. The lowest BCUT2D eigenvalue weighted by molar-refractivity contribution is 0.0382. The van der Waals surface area contributed by atoms with Crippen molar-refractivity contribution >= 4 is 11.3 Å². The molecule has 2 N–H and O–H groups in total. The number of thiazole rings is 1. The normalized spacial score (nSPS) is 26.9. The van der Waals surface area contributed by atoms with Crippen molar-refractivity contribution in [3.05, 3.63) is 15.6 Å². The molecule has 0 saturated carbocycles. The van der Waals surface area contributed by atoms with Gasteiger partial charge in [-0.25, -0.2) is 4.98 Å². The molecular formula is C11H18N2OS. The van der Waals surface area contributed by atoms with Gasteiger partial charge in [0, 0.05) is 23.4 Å². The average Bonchev–Trinajstić information content (AvgIpc) is 2.46. The molecule has 0 bridgehead atoms. The van der Waals surface area contributed by atoms with Crippen molar-refractivity contribution < 1.29 is 4.74 Å². The van der Waals surface area contributed by atoms with Crippen LogP contribution in [0.4, 0.5) is 0 Å². The Hall–Kier alpha value is -0.450. The van der Waals surface area contributed by atoms with E-state index in [4.69, 9.17) is 10.5 Å². The van der Waals surface area contributed by atoms with Gasteiger partial charge in [0.25, 0.3) is 0 Å². The van der Waals surface area contributed by atoms with Crippen LogP contribution in [0.1, 0.15) is 28.4 Å². The molecule has 1 saturated heterocycles. The number of nitrogens with two attached hydrogens (primary N) is 1. The van der Waals surface area contributed by atoms with Gasteiger partial charge in [-0.1, -0.05) is 0 Å². The van der Waals surface area contributed by atoms with E-state index in [-0.39, 0.29) is 5.54 Å². The Balaban J connectivity index is 2.06. The fraction of sp³-hybridized carbons (Fsp3) is 0.727. The van der Waals surface area contributed by atoms with E-state index >= 15 is 0 Å². The maximum absolute atomic E-state index is 6.29. The van der Waals surface area contributed by atoms with Crippen molar-refractivity contribution in [2.45, 2.75) is 38.6 Å². The van der Waals surface area contributed by atoms with E-state index in [2.05, 4.69) is 18.8 Å². The van der Waals surface area contributed by atoms with Crippen molar-refractivity contribution in [2.75, 3.05) is 13.2 Å². The van der Waals surface area contributed by atoms with Gasteiger partial charge < -0.3 is 10.5 Å². The van der Waals surface area contributed by atoms with E-state index in [0.29, 0.717) is 6.61 Å². The van der Waals surface area contributed by atoms with Crippen LogP contribution in [0, 0.1) is 13.8 Å². The molecular weight excluding hydrogens is 208 g/mol. The number of hydrogen-bond donors (Lipinski definition) is 1. The molecule has 1 atom stereocenters. The number of nitrogens with zero attached hydrogens (tertiary/aromatic N) is 1. The van der Waals surface area contributed by atoms with Crippen molar-refractivity contribution in [1.29, 1.82) is 0 Å². The second-order valence-corrected chi connectivity index (χ2v) is 5.73. The van der Waals surface area contributed by atoms with E-state index in [1.54, 1.807) is 11.3 Å². The molecule has 4 heteroatoms. The van der Waals surface area contributed by atoms with E-state index in [1.165, 1.54) is 4.88 Å². The van der Waals surface area contributed by atoms with Gasteiger partial charge >= 0.3 is 0 Å². The highest BCUT2D eigenvalue weighted by atomic mass is 32.1. The SMILES string of the molecule is Cc1nc(CC2(N)CCCOC2)sc1C. The zero-order valence-electron chi connectivity index (χ0n) is 9.38. The van der Waals surface area contributed by atoms with Crippen LogP contribution in [-0.2, 0) is 11.2 Å². The Morgan fingerprint density at radius 1 is 1.53 bits per heavy atom. The summed E-state index contributed by atoms with van der Waals surface area (Å²) >= 11 is 1.76. The third kappa shape index (κ3) is 2.56. The monoisotopic (exact) mass is 226 g/mol.